The van der Waals surface area contributed by atoms with Crippen molar-refractivity contribution in [2.45, 2.75) is 25.4 Å². The molecule has 0 aliphatic rings. The van der Waals surface area contributed by atoms with Crippen molar-refractivity contribution in [1.29, 1.82) is 0 Å². The van der Waals surface area contributed by atoms with Gasteiger partial charge in [-0.15, -0.1) is 0 Å². The number of hydrogen-bond donors (Lipinski definition) is 0. The summed E-state index contributed by atoms with van der Waals surface area (Å²) in [4.78, 5) is 11.7. The van der Waals surface area contributed by atoms with E-state index >= 15 is 0 Å². The Kier molecular flexibility index (Phi) is 7.06. The van der Waals surface area contributed by atoms with Crippen LogP contribution < -0.4 is 4.74 Å². The fourth-order valence-electron chi connectivity index (χ4n) is 2.56. The van der Waals surface area contributed by atoms with Crippen molar-refractivity contribution in [3.63, 3.8) is 0 Å². The van der Waals surface area contributed by atoms with Crippen molar-refractivity contribution in [3.8, 4) is 5.75 Å². The number of amides is 1. The zero-order chi connectivity index (χ0) is 19.0. The zero-order valence-electron chi connectivity index (χ0n) is 14.6. The highest BCUT2D eigenvalue weighted by molar-refractivity contribution is 5.81. The Labute approximate surface area is 151 Å². The first-order valence-corrected chi connectivity index (χ1v) is 8.45. The van der Waals surface area contributed by atoms with Gasteiger partial charge in [-0.05, 0) is 30.0 Å². The smallest absolute Gasteiger partial charge is 0.471 e. The van der Waals surface area contributed by atoms with Crippen LogP contribution in [0.4, 0.5) is 13.2 Å². The van der Waals surface area contributed by atoms with Gasteiger partial charge in [0.1, 0.15) is 5.75 Å². The molecule has 0 saturated heterocycles. The Bertz CT molecular complexity index is 702. The molecule has 6 heteroatoms. The number of alkyl halides is 3. The second-order valence-electron chi connectivity index (χ2n) is 6.05. The van der Waals surface area contributed by atoms with Gasteiger partial charge in [-0.3, -0.25) is 4.79 Å². The van der Waals surface area contributed by atoms with Crippen LogP contribution in [0.1, 0.15) is 24.0 Å². The Hall–Kier alpha value is -2.50. The zero-order valence-corrected chi connectivity index (χ0v) is 14.6. The maximum absolute atomic E-state index is 12.3. The van der Waals surface area contributed by atoms with Crippen LogP contribution in [-0.2, 0) is 11.2 Å². The lowest BCUT2D eigenvalue weighted by Crippen LogP contribution is -2.39. The summed E-state index contributed by atoms with van der Waals surface area (Å²) in [6.07, 6.45) is -3.06. The molecule has 0 bridgehead atoms. The summed E-state index contributed by atoms with van der Waals surface area (Å²) >= 11 is 0. The summed E-state index contributed by atoms with van der Waals surface area (Å²) in [6.45, 7) is 0.438. The second kappa shape index (κ2) is 9.27. The van der Waals surface area contributed by atoms with E-state index in [0.717, 1.165) is 24.8 Å². The minimum atomic E-state index is -4.82. The summed E-state index contributed by atoms with van der Waals surface area (Å²) in [5.74, 6) is -1.04. The lowest BCUT2D eigenvalue weighted by Gasteiger charge is -2.18. The molecule has 0 radical (unpaired) electrons. The van der Waals surface area contributed by atoms with E-state index in [1.165, 1.54) is 5.56 Å². The third-order valence-electron chi connectivity index (χ3n) is 3.94. The number of carbonyl (C=O) groups is 1. The minimum absolute atomic E-state index is 0.0490. The van der Waals surface area contributed by atoms with E-state index in [2.05, 4.69) is 0 Å². The van der Waals surface area contributed by atoms with E-state index in [1.807, 2.05) is 54.6 Å². The molecular weight excluding hydrogens is 343 g/mol. The van der Waals surface area contributed by atoms with Crippen LogP contribution in [0, 0.1) is 0 Å². The fourth-order valence-corrected chi connectivity index (χ4v) is 2.56. The minimum Gasteiger partial charge on any atom is -0.493 e. The van der Waals surface area contributed by atoms with Gasteiger partial charge in [0.25, 0.3) is 0 Å². The van der Waals surface area contributed by atoms with Gasteiger partial charge in [0, 0.05) is 20.0 Å². The highest BCUT2D eigenvalue weighted by atomic mass is 19.4. The summed E-state index contributed by atoms with van der Waals surface area (Å²) in [6, 6.07) is 17.7. The SMILES string of the molecule is CN(CCCCOc1ccccc1Cc1ccccc1)C(=O)C(F)(F)F. The molecule has 2 rings (SSSR count). The molecule has 1 amide bonds. The Morgan fingerprint density at radius 3 is 2.35 bits per heavy atom. The van der Waals surface area contributed by atoms with Crippen LogP contribution in [-0.4, -0.2) is 37.2 Å². The average Bonchev–Trinajstić information content (AvgIpc) is 2.62. The van der Waals surface area contributed by atoms with Crippen molar-refractivity contribution in [3.05, 3.63) is 65.7 Å². The predicted octanol–water partition coefficient (Wildman–Crippen LogP) is 4.46. The van der Waals surface area contributed by atoms with Gasteiger partial charge < -0.3 is 9.64 Å². The number of hydrogen-bond acceptors (Lipinski definition) is 2. The number of rotatable bonds is 8. The molecular formula is C20H22F3NO2. The van der Waals surface area contributed by atoms with E-state index in [9.17, 15) is 18.0 Å². The quantitative estimate of drug-likeness (QED) is 0.647. The molecule has 2 aromatic rings. The highest BCUT2D eigenvalue weighted by Gasteiger charge is 2.40. The Balaban J connectivity index is 1.79. The molecule has 0 aromatic heterocycles. The van der Waals surface area contributed by atoms with Gasteiger partial charge in [0.05, 0.1) is 6.61 Å². The van der Waals surface area contributed by atoms with Gasteiger partial charge in [0.15, 0.2) is 0 Å². The monoisotopic (exact) mass is 365 g/mol. The number of para-hydroxylation sites is 1. The first kappa shape index (κ1) is 19.8. The Morgan fingerprint density at radius 1 is 1.00 bits per heavy atom. The fraction of sp³-hybridized carbons (Fsp3) is 0.350. The topological polar surface area (TPSA) is 29.5 Å². The van der Waals surface area contributed by atoms with Crippen molar-refractivity contribution >= 4 is 5.91 Å². The molecule has 0 fully saturated rings. The van der Waals surface area contributed by atoms with Gasteiger partial charge in [0.2, 0.25) is 0 Å². The van der Waals surface area contributed by atoms with Gasteiger partial charge >= 0.3 is 12.1 Å². The molecule has 26 heavy (non-hydrogen) atoms. The van der Waals surface area contributed by atoms with Crippen molar-refractivity contribution < 1.29 is 22.7 Å². The summed E-state index contributed by atoms with van der Waals surface area (Å²) in [5.41, 5.74) is 2.24. The van der Waals surface area contributed by atoms with E-state index in [4.69, 9.17) is 4.74 Å². The van der Waals surface area contributed by atoms with Crippen LogP contribution in [0.15, 0.2) is 54.6 Å². The van der Waals surface area contributed by atoms with Gasteiger partial charge in [-0.2, -0.15) is 13.2 Å². The van der Waals surface area contributed by atoms with Crippen LogP contribution >= 0.6 is 0 Å². The molecule has 0 atom stereocenters. The third kappa shape index (κ3) is 6.10. The van der Waals surface area contributed by atoms with Crippen LogP contribution in [0.5, 0.6) is 5.75 Å². The van der Waals surface area contributed by atoms with E-state index in [-0.39, 0.29) is 6.54 Å². The van der Waals surface area contributed by atoms with Crippen molar-refractivity contribution in [2.24, 2.45) is 0 Å². The molecule has 0 aliphatic carbocycles. The summed E-state index contributed by atoms with van der Waals surface area (Å²) in [5, 5.41) is 0. The maximum atomic E-state index is 12.3. The number of unbranched alkanes of at least 4 members (excludes halogenated alkanes) is 1. The van der Waals surface area contributed by atoms with Crippen LogP contribution in [0.2, 0.25) is 0 Å². The first-order valence-electron chi connectivity index (χ1n) is 8.45. The highest BCUT2D eigenvalue weighted by Crippen LogP contribution is 2.22. The van der Waals surface area contributed by atoms with Gasteiger partial charge in [-0.25, -0.2) is 0 Å². The molecule has 0 unspecified atom stereocenters. The molecule has 140 valence electrons. The number of benzene rings is 2. The van der Waals surface area contributed by atoms with Crippen LogP contribution in [0.3, 0.4) is 0 Å². The number of halogens is 3. The van der Waals surface area contributed by atoms with Crippen molar-refractivity contribution in [1.82, 2.24) is 4.90 Å². The average molecular weight is 365 g/mol. The van der Waals surface area contributed by atoms with Crippen LogP contribution in [0.25, 0.3) is 0 Å². The molecule has 2 aromatic carbocycles. The largest absolute Gasteiger partial charge is 0.493 e. The molecule has 3 nitrogen and oxygen atoms in total. The second-order valence-corrected chi connectivity index (χ2v) is 6.05. The number of nitrogens with zero attached hydrogens (tertiary/aromatic N) is 1. The summed E-state index contributed by atoms with van der Waals surface area (Å²) < 4.78 is 42.7. The van der Waals surface area contributed by atoms with E-state index in [0.29, 0.717) is 24.3 Å². The lowest BCUT2D eigenvalue weighted by molar-refractivity contribution is -0.184. The number of ether oxygens (including phenoxy) is 1. The third-order valence-corrected chi connectivity index (χ3v) is 3.94. The van der Waals surface area contributed by atoms with E-state index < -0.39 is 12.1 Å². The molecule has 0 aliphatic heterocycles. The predicted molar refractivity (Wildman–Crippen MR) is 94.1 cm³/mol. The normalized spacial score (nSPS) is 11.2. The van der Waals surface area contributed by atoms with Crippen molar-refractivity contribution in [2.75, 3.05) is 20.2 Å². The summed E-state index contributed by atoms with van der Waals surface area (Å²) in [7, 11) is 1.16. The Morgan fingerprint density at radius 2 is 1.65 bits per heavy atom. The molecule has 0 N–H and O–H groups in total. The molecule has 0 saturated carbocycles. The first-order chi connectivity index (χ1) is 12.4. The number of carbonyl (C=O) groups excluding carboxylic acids is 1. The molecule has 0 heterocycles. The standard InChI is InChI=1S/C20H22F3NO2/c1-24(19(25)20(21,22)23)13-7-8-14-26-18-12-6-5-11-17(18)15-16-9-3-2-4-10-16/h2-6,9-12H,7-8,13-15H2,1H3. The lowest BCUT2D eigenvalue weighted by atomic mass is 10.0. The van der Waals surface area contributed by atoms with E-state index in [1.54, 1.807) is 0 Å². The maximum Gasteiger partial charge on any atom is 0.471 e. The molecule has 0 spiro atoms. The van der Waals surface area contributed by atoms with Gasteiger partial charge in [-0.1, -0.05) is 48.5 Å².